The number of halogens is 1. The number of carbonyl (C=O) groups is 1. The molecule has 0 amide bonds. The van der Waals surface area contributed by atoms with Crippen molar-refractivity contribution in [2.45, 2.75) is 40.5 Å². The number of rotatable bonds is 5. The van der Waals surface area contributed by atoms with Crippen molar-refractivity contribution >= 4 is 17.3 Å². The van der Waals surface area contributed by atoms with Gasteiger partial charge in [0, 0.05) is 18.3 Å². The topological polar surface area (TPSA) is 41.9 Å². The minimum absolute atomic E-state index is 0.274. The van der Waals surface area contributed by atoms with E-state index in [1.165, 1.54) is 0 Å². The second kappa shape index (κ2) is 9.49. The number of aryl methyl sites for hydroxylation is 1. The molecule has 3 rings (SSSR count). The third kappa shape index (κ3) is 4.77. The molecule has 0 spiro atoms. The highest BCUT2D eigenvalue weighted by molar-refractivity contribution is 6.41. The molecule has 1 heterocycles. The summed E-state index contributed by atoms with van der Waals surface area (Å²) in [5.41, 5.74) is 2.81. The summed E-state index contributed by atoms with van der Waals surface area (Å²) in [6, 6.07) is 5.21. The number of hydrogen-bond acceptors (Lipinski definition) is 4. The molecule has 0 radical (unpaired) electrons. The van der Waals surface area contributed by atoms with Gasteiger partial charge in [-0.25, -0.2) is 14.2 Å². The zero-order chi connectivity index (χ0) is 20.8. The van der Waals surface area contributed by atoms with Gasteiger partial charge in [0.15, 0.2) is 5.71 Å². The predicted molar refractivity (Wildman–Crippen MR) is 112 cm³/mol. The molecule has 0 atom stereocenters. The molecule has 0 unspecified atom stereocenters. The van der Waals surface area contributed by atoms with Crippen LogP contribution in [-0.4, -0.2) is 30.2 Å². The highest BCUT2D eigenvalue weighted by Crippen LogP contribution is 2.40. The molecule has 4 nitrogen and oxygen atoms in total. The molecule has 2 aliphatic rings. The van der Waals surface area contributed by atoms with Gasteiger partial charge in [0.1, 0.15) is 11.6 Å². The fourth-order valence-electron chi connectivity index (χ4n) is 2.94. The SMILES string of the molecule is C=C(/C=C1/N=C(C(=O)OCC)C=C(C2CC2)N1C)c1cccc(C)c1F.CC. The van der Waals surface area contributed by atoms with E-state index in [1.54, 1.807) is 44.2 Å². The first kappa shape index (κ1) is 21.6. The maximum Gasteiger partial charge on any atom is 0.357 e. The molecule has 5 heteroatoms. The summed E-state index contributed by atoms with van der Waals surface area (Å²) in [7, 11) is 1.90. The number of esters is 1. The van der Waals surface area contributed by atoms with Gasteiger partial charge >= 0.3 is 5.97 Å². The van der Waals surface area contributed by atoms with Crippen LogP contribution in [0.3, 0.4) is 0 Å². The summed E-state index contributed by atoms with van der Waals surface area (Å²) in [5.74, 6) is 0.244. The minimum atomic E-state index is -0.447. The first-order chi connectivity index (χ1) is 13.4. The number of hydrogen-bond donors (Lipinski definition) is 0. The van der Waals surface area contributed by atoms with E-state index in [0.29, 0.717) is 35.0 Å². The maximum absolute atomic E-state index is 14.4. The van der Waals surface area contributed by atoms with Crippen LogP contribution in [0.1, 0.15) is 44.7 Å². The average molecular weight is 384 g/mol. The van der Waals surface area contributed by atoms with Gasteiger partial charge in [-0.3, -0.25) is 0 Å². The van der Waals surface area contributed by atoms with Crippen LogP contribution in [-0.2, 0) is 9.53 Å². The molecule has 28 heavy (non-hydrogen) atoms. The van der Waals surface area contributed by atoms with Crippen LogP contribution < -0.4 is 0 Å². The van der Waals surface area contributed by atoms with Crippen molar-refractivity contribution in [2.24, 2.45) is 10.9 Å². The molecule has 0 aromatic heterocycles. The van der Waals surface area contributed by atoms with Crippen molar-refractivity contribution in [1.29, 1.82) is 0 Å². The first-order valence-electron chi connectivity index (χ1n) is 9.79. The Balaban J connectivity index is 0.00000136. The number of benzene rings is 1. The molecular weight excluding hydrogens is 355 g/mol. The van der Waals surface area contributed by atoms with Crippen molar-refractivity contribution in [3.05, 3.63) is 65.4 Å². The van der Waals surface area contributed by atoms with Crippen LogP contribution in [0, 0.1) is 18.7 Å². The summed E-state index contributed by atoms with van der Waals surface area (Å²) in [4.78, 5) is 18.5. The van der Waals surface area contributed by atoms with E-state index >= 15 is 0 Å². The van der Waals surface area contributed by atoms with E-state index < -0.39 is 5.97 Å². The fourth-order valence-corrected chi connectivity index (χ4v) is 2.94. The van der Waals surface area contributed by atoms with E-state index in [1.807, 2.05) is 25.8 Å². The van der Waals surface area contributed by atoms with Gasteiger partial charge in [-0.1, -0.05) is 38.6 Å². The Labute approximate surface area is 167 Å². The van der Waals surface area contributed by atoms with Gasteiger partial charge in [-0.15, -0.1) is 0 Å². The lowest BCUT2D eigenvalue weighted by Crippen LogP contribution is -2.27. The van der Waals surface area contributed by atoms with Crippen LogP contribution in [0.15, 0.2) is 53.4 Å². The second-order valence-corrected chi connectivity index (χ2v) is 6.58. The van der Waals surface area contributed by atoms with Gasteiger partial charge in [-0.05, 0) is 55.9 Å². The van der Waals surface area contributed by atoms with E-state index in [9.17, 15) is 9.18 Å². The smallest absolute Gasteiger partial charge is 0.357 e. The van der Waals surface area contributed by atoms with Crippen molar-refractivity contribution in [3.63, 3.8) is 0 Å². The van der Waals surface area contributed by atoms with Gasteiger partial charge in [0.2, 0.25) is 0 Å². The number of ether oxygens (including phenoxy) is 1. The lowest BCUT2D eigenvalue weighted by Gasteiger charge is -2.27. The van der Waals surface area contributed by atoms with Gasteiger partial charge in [0.25, 0.3) is 0 Å². The Morgan fingerprint density at radius 3 is 2.68 bits per heavy atom. The largest absolute Gasteiger partial charge is 0.461 e. The zero-order valence-electron chi connectivity index (χ0n) is 17.4. The highest BCUT2D eigenvalue weighted by atomic mass is 19.1. The predicted octanol–water partition coefficient (Wildman–Crippen LogP) is 5.26. The van der Waals surface area contributed by atoms with E-state index in [2.05, 4.69) is 11.6 Å². The van der Waals surface area contributed by atoms with Crippen LogP contribution in [0.5, 0.6) is 0 Å². The Bertz CT molecular complexity index is 848. The molecule has 1 aromatic rings. The van der Waals surface area contributed by atoms with Gasteiger partial charge in [0.05, 0.1) is 6.61 Å². The number of carbonyl (C=O) groups excluding carboxylic acids is 1. The summed E-state index contributed by atoms with van der Waals surface area (Å²) >= 11 is 0. The Morgan fingerprint density at radius 2 is 2.07 bits per heavy atom. The van der Waals surface area contributed by atoms with Crippen molar-refractivity contribution in [3.8, 4) is 0 Å². The molecular formula is C23H29FN2O2. The third-order valence-corrected chi connectivity index (χ3v) is 4.57. The summed E-state index contributed by atoms with van der Waals surface area (Å²) in [5, 5.41) is 0. The van der Waals surface area contributed by atoms with Crippen LogP contribution in [0.2, 0.25) is 0 Å². The molecule has 0 N–H and O–H groups in total. The number of nitrogens with zero attached hydrogens (tertiary/aromatic N) is 2. The van der Waals surface area contributed by atoms with Crippen molar-refractivity contribution in [2.75, 3.05) is 13.7 Å². The molecule has 1 fully saturated rings. The lowest BCUT2D eigenvalue weighted by atomic mass is 10.0. The van der Waals surface area contributed by atoms with E-state index in [-0.39, 0.29) is 11.5 Å². The molecule has 1 aromatic carbocycles. The molecule has 1 aliphatic heterocycles. The van der Waals surface area contributed by atoms with E-state index in [0.717, 1.165) is 18.5 Å². The Hall–Kier alpha value is -2.69. The maximum atomic E-state index is 14.4. The van der Waals surface area contributed by atoms with Crippen LogP contribution in [0.4, 0.5) is 4.39 Å². The van der Waals surface area contributed by atoms with E-state index in [4.69, 9.17) is 4.74 Å². The molecule has 1 aliphatic carbocycles. The molecule has 0 saturated heterocycles. The third-order valence-electron chi connectivity index (χ3n) is 4.57. The standard InChI is InChI=1S/C21H23FN2O2.C2H6/c1-5-26-21(25)17-12-18(15-9-10-15)24(4)19(23-17)11-14(3)16-8-6-7-13(2)20(16)22;1-2/h6-8,11-12,15H,3,5,9-10H2,1-2,4H3;1-2H3/b19-11-;. The van der Waals surface area contributed by atoms with Gasteiger partial charge < -0.3 is 9.64 Å². The van der Waals surface area contributed by atoms with Gasteiger partial charge in [-0.2, -0.15) is 0 Å². The zero-order valence-corrected chi connectivity index (χ0v) is 17.4. The quantitative estimate of drug-likeness (QED) is 0.651. The molecule has 150 valence electrons. The van der Waals surface area contributed by atoms with Crippen LogP contribution in [0.25, 0.3) is 5.57 Å². The Morgan fingerprint density at radius 1 is 1.39 bits per heavy atom. The monoisotopic (exact) mass is 384 g/mol. The highest BCUT2D eigenvalue weighted by Gasteiger charge is 2.33. The number of aliphatic imine (C=N–C) groups is 1. The van der Waals surface area contributed by atoms with Crippen molar-refractivity contribution in [1.82, 2.24) is 4.90 Å². The molecule has 1 saturated carbocycles. The normalized spacial score (nSPS) is 17.4. The summed E-state index contributed by atoms with van der Waals surface area (Å²) in [6.07, 6.45) is 5.69. The Kier molecular flexibility index (Phi) is 7.32. The summed E-state index contributed by atoms with van der Waals surface area (Å²) in [6.45, 7) is 11.8. The number of allylic oxidation sites excluding steroid dienone is 3. The average Bonchev–Trinajstić information content (AvgIpc) is 3.52. The summed E-state index contributed by atoms with van der Waals surface area (Å²) < 4.78 is 19.5. The lowest BCUT2D eigenvalue weighted by molar-refractivity contribution is -0.134. The molecule has 0 bridgehead atoms. The van der Waals surface area contributed by atoms with Crippen LogP contribution >= 0.6 is 0 Å². The van der Waals surface area contributed by atoms with Crippen molar-refractivity contribution < 1.29 is 13.9 Å². The second-order valence-electron chi connectivity index (χ2n) is 6.58. The fraction of sp³-hybridized carbons (Fsp3) is 0.391. The first-order valence-corrected chi connectivity index (χ1v) is 9.79. The minimum Gasteiger partial charge on any atom is -0.461 e.